The maximum absolute atomic E-state index is 13.2. The minimum Gasteiger partial charge on any atom is -0.394 e. The first-order valence-corrected chi connectivity index (χ1v) is 30.8. The third kappa shape index (κ3) is 31.9. The van der Waals surface area contributed by atoms with Crippen molar-refractivity contribution in [3.63, 3.8) is 0 Å². The third-order valence-corrected chi connectivity index (χ3v) is 15.6. The number of hydrogen-bond donors (Lipinski definition) is 9. The first-order valence-electron chi connectivity index (χ1n) is 30.8. The zero-order valence-electron chi connectivity index (χ0n) is 46.7. The second-order valence-electron chi connectivity index (χ2n) is 22.2. The van der Waals surface area contributed by atoms with Crippen LogP contribution in [0.15, 0.2) is 0 Å². The Kier molecular flexibility index (Phi) is 42.9. The van der Waals surface area contributed by atoms with E-state index in [9.17, 15) is 45.6 Å². The SMILES string of the molecule is CCCCCCCCCCCCCCCCCCCCCCCCCCCCCC(O)C(COC1OC(CO)C(OC2OC(CO)C(O)C(O)C2O)C(O)C1O)NC(=O)CCCCCCCCCCCCCC. The van der Waals surface area contributed by atoms with E-state index in [1.807, 2.05) is 0 Å². The summed E-state index contributed by atoms with van der Waals surface area (Å²) in [5.74, 6) is -0.202. The Bertz CT molecular complexity index is 1230. The number of carbonyl (C=O) groups is 1. The van der Waals surface area contributed by atoms with E-state index in [1.54, 1.807) is 0 Å². The van der Waals surface area contributed by atoms with Crippen LogP contribution in [0.3, 0.4) is 0 Å². The normalized spacial score (nSPS) is 25.3. The number of unbranched alkanes of at least 4 members (excludes halogenated alkanes) is 37. The summed E-state index contributed by atoms with van der Waals surface area (Å²) in [5, 5.41) is 87.2. The molecule has 2 heterocycles. The van der Waals surface area contributed by atoms with Crippen LogP contribution in [0.2, 0.25) is 0 Å². The van der Waals surface area contributed by atoms with Crippen molar-refractivity contribution in [2.75, 3.05) is 19.8 Å². The highest BCUT2D eigenvalue weighted by Gasteiger charge is 2.51. The van der Waals surface area contributed by atoms with Gasteiger partial charge in [0.15, 0.2) is 12.6 Å². The molecule has 12 atom stereocenters. The second-order valence-corrected chi connectivity index (χ2v) is 22.2. The first kappa shape index (κ1) is 68.1. The minimum atomic E-state index is -1.78. The molecule has 2 saturated heterocycles. The van der Waals surface area contributed by atoms with E-state index in [0.717, 1.165) is 51.4 Å². The summed E-state index contributed by atoms with van der Waals surface area (Å²) in [6.45, 7) is 2.89. The number of aliphatic hydroxyl groups is 8. The molecule has 12 unspecified atom stereocenters. The minimum absolute atomic E-state index is 0.202. The Morgan fingerprint density at radius 3 is 1.16 bits per heavy atom. The molecular weight excluding hydrogens is 931 g/mol. The Morgan fingerprint density at radius 2 is 0.781 bits per heavy atom. The van der Waals surface area contributed by atoms with Crippen LogP contribution in [-0.4, -0.2) is 140 Å². The molecule has 434 valence electrons. The lowest BCUT2D eigenvalue weighted by atomic mass is 9.97. The smallest absolute Gasteiger partial charge is 0.220 e. The van der Waals surface area contributed by atoms with Gasteiger partial charge in [-0.2, -0.15) is 0 Å². The van der Waals surface area contributed by atoms with E-state index in [1.165, 1.54) is 199 Å². The van der Waals surface area contributed by atoms with E-state index < -0.39 is 86.8 Å². The van der Waals surface area contributed by atoms with Crippen LogP contribution in [0.4, 0.5) is 0 Å². The lowest BCUT2D eigenvalue weighted by molar-refractivity contribution is -0.359. The lowest BCUT2D eigenvalue weighted by Crippen LogP contribution is -2.65. The molecule has 0 aromatic carbocycles. The molecular formula is C59H115NO13. The van der Waals surface area contributed by atoms with Crippen molar-refractivity contribution >= 4 is 5.91 Å². The lowest BCUT2D eigenvalue weighted by Gasteiger charge is -2.46. The van der Waals surface area contributed by atoms with Crippen LogP contribution in [-0.2, 0) is 23.7 Å². The standard InChI is InChI=1S/C59H115NO13/c1-3-5-7-9-11-13-15-17-18-19-20-21-22-23-24-25-26-27-28-29-30-31-32-34-36-38-40-42-48(63)47(60-51(64)43-41-39-37-35-33-16-14-12-10-8-6-4-2)46-70-58-56(69)54(67)57(50(45-62)72-58)73-59-55(68)53(66)52(65)49(44-61)71-59/h47-50,52-59,61-63,65-69H,3-46H2,1-2H3,(H,60,64). The summed E-state index contributed by atoms with van der Waals surface area (Å²) in [5.41, 5.74) is 0. The predicted octanol–water partition coefficient (Wildman–Crippen LogP) is 10.5. The topological polar surface area (TPSA) is 228 Å². The molecule has 2 rings (SSSR count). The molecule has 14 heteroatoms. The Labute approximate surface area is 444 Å². The van der Waals surface area contributed by atoms with Crippen LogP contribution in [0.1, 0.15) is 277 Å². The number of hydrogen-bond acceptors (Lipinski definition) is 13. The summed E-state index contributed by atoms with van der Waals surface area (Å²) in [4.78, 5) is 13.2. The molecule has 2 fully saturated rings. The maximum Gasteiger partial charge on any atom is 0.220 e. The van der Waals surface area contributed by atoms with Crippen LogP contribution < -0.4 is 5.32 Å². The van der Waals surface area contributed by atoms with E-state index in [-0.39, 0.29) is 12.5 Å². The van der Waals surface area contributed by atoms with Gasteiger partial charge in [0.05, 0.1) is 32.0 Å². The number of amides is 1. The Balaban J connectivity index is 1.68. The molecule has 2 aliphatic rings. The van der Waals surface area contributed by atoms with Crippen molar-refractivity contribution in [2.45, 2.75) is 351 Å². The number of aliphatic hydroxyl groups excluding tert-OH is 8. The Hall–Kier alpha value is -1.01. The van der Waals surface area contributed by atoms with Crippen LogP contribution in [0.5, 0.6) is 0 Å². The van der Waals surface area contributed by atoms with E-state index >= 15 is 0 Å². The zero-order valence-corrected chi connectivity index (χ0v) is 46.7. The van der Waals surface area contributed by atoms with Crippen molar-refractivity contribution in [2.24, 2.45) is 0 Å². The average Bonchev–Trinajstić information content (AvgIpc) is 3.39. The van der Waals surface area contributed by atoms with Crippen molar-refractivity contribution in [3.8, 4) is 0 Å². The van der Waals surface area contributed by atoms with Crippen LogP contribution in [0, 0.1) is 0 Å². The van der Waals surface area contributed by atoms with E-state index in [2.05, 4.69) is 19.2 Å². The summed E-state index contributed by atoms with van der Waals surface area (Å²) in [7, 11) is 0. The molecule has 14 nitrogen and oxygen atoms in total. The van der Waals surface area contributed by atoms with Gasteiger partial charge >= 0.3 is 0 Å². The fourth-order valence-corrected chi connectivity index (χ4v) is 10.6. The highest BCUT2D eigenvalue weighted by molar-refractivity contribution is 5.76. The van der Waals surface area contributed by atoms with E-state index in [0.29, 0.717) is 12.8 Å². The second kappa shape index (κ2) is 46.0. The summed E-state index contributed by atoms with van der Waals surface area (Å²) in [6, 6.07) is -0.822. The maximum atomic E-state index is 13.2. The average molecular weight is 1050 g/mol. The largest absolute Gasteiger partial charge is 0.394 e. The zero-order chi connectivity index (χ0) is 53.2. The Morgan fingerprint density at radius 1 is 0.438 bits per heavy atom. The molecule has 0 saturated carbocycles. The van der Waals surface area contributed by atoms with E-state index in [4.69, 9.17) is 18.9 Å². The molecule has 1 amide bonds. The highest BCUT2D eigenvalue weighted by atomic mass is 16.7. The third-order valence-electron chi connectivity index (χ3n) is 15.6. The molecule has 0 radical (unpaired) electrons. The van der Waals surface area contributed by atoms with Crippen molar-refractivity contribution in [1.82, 2.24) is 5.32 Å². The van der Waals surface area contributed by atoms with Gasteiger partial charge < -0.3 is 65.1 Å². The van der Waals surface area contributed by atoms with Gasteiger partial charge in [-0.25, -0.2) is 0 Å². The number of nitrogens with one attached hydrogen (secondary N) is 1. The van der Waals surface area contributed by atoms with Crippen LogP contribution in [0.25, 0.3) is 0 Å². The van der Waals surface area contributed by atoms with Crippen molar-refractivity contribution < 1.29 is 64.6 Å². The van der Waals surface area contributed by atoms with Gasteiger partial charge in [-0.1, -0.05) is 258 Å². The first-order chi connectivity index (χ1) is 35.6. The summed E-state index contributed by atoms with van der Waals surface area (Å²) in [6.07, 6.45) is 34.1. The molecule has 0 aliphatic carbocycles. The monoisotopic (exact) mass is 1050 g/mol. The fraction of sp³-hybridized carbons (Fsp3) is 0.983. The van der Waals surface area contributed by atoms with Gasteiger partial charge in [0.1, 0.15) is 48.8 Å². The number of rotatable bonds is 50. The van der Waals surface area contributed by atoms with Crippen LogP contribution >= 0.6 is 0 Å². The van der Waals surface area contributed by atoms with Crippen molar-refractivity contribution in [1.29, 1.82) is 0 Å². The van der Waals surface area contributed by atoms with Gasteiger partial charge in [-0.05, 0) is 12.8 Å². The number of carbonyl (C=O) groups excluding carboxylic acids is 1. The molecule has 73 heavy (non-hydrogen) atoms. The molecule has 2 aliphatic heterocycles. The molecule has 0 spiro atoms. The summed E-state index contributed by atoms with van der Waals surface area (Å²) >= 11 is 0. The quantitative estimate of drug-likeness (QED) is 0.0259. The fourth-order valence-electron chi connectivity index (χ4n) is 10.6. The molecule has 0 aromatic heterocycles. The van der Waals surface area contributed by atoms with Crippen molar-refractivity contribution in [3.05, 3.63) is 0 Å². The van der Waals surface area contributed by atoms with Gasteiger partial charge in [-0.3, -0.25) is 4.79 Å². The highest BCUT2D eigenvalue weighted by Crippen LogP contribution is 2.30. The molecule has 9 N–H and O–H groups in total. The predicted molar refractivity (Wildman–Crippen MR) is 291 cm³/mol. The molecule has 0 bridgehead atoms. The van der Waals surface area contributed by atoms with Gasteiger partial charge in [0.25, 0.3) is 0 Å². The van der Waals surface area contributed by atoms with Gasteiger partial charge in [0, 0.05) is 6.42 Å². The number of ether oxygens (including phenoxy) is 4. The van der Waals surface area contributed by atoms with Gasteiger partial charge in [-0.15, -0.1) is 0 Å². The molecule has 0 aromatic rings. The summed E-state index contributed by atoms with van der Waals surface area (Å²) < 4.78 is 22.8. The van der Waals surface area contributed by atoms with Gasteiger partial charge in [0.2, 0.25) is 5.91 Å².